The molecule has 48 valence electrons. The molecule has 0 aromatic heterocycles. The molecule has 0 heterocycles. The van der Waals surface area contributed by atoms with E-state index in [1.54, 1.807) is 0 Å². The van der Waals surface area contributed by atoms with Crippen LogP contribution in [0.1, 0.15) is 26.7 Å². The molecule has 0 saturated heterocycles. The topological polar surface area (TPSA) is 29.4 Å². The minimum atomic E-state index is 0.480. The molecule has 2 heteroatoms. The van der Waals surface area contributed by atoms with Crippen LogP contribution in [0.4, 0.5) is 0 Å². The standard InChI is InChI=1S/C6H13NO/c1-3-4-6(2)5-7-8/h6H,3-5H2,1-2H3/t6-/m1/s1. The Balaban J connectivity index is 3.03. The van der Waals surface area contributed by atoms with Crippen LogP contribution in [0, 0.1) is 10.8 Å². The second kappa shape index (κ2) is 4.75. The van der Waals surface area contributed by atoms with E-state index < -0.39 is 0 Å². The second-order valence-corrected chi connectivity index (χ2v) is 2.21. The van der Waals surface area contributed by atoms with Crippen molar-refractivity contribution in [3.05, 3.63) is 4.91 Å². The third kappa shape index (κ3) is 3.78. The van der Waals surface area contributed by atoms with Gasteiger partial charge in [0.05, 0.1) is 6.54 Å². The largest absolute Gasteiger partial charge is 0.151 e. The molecule has 0 fully saturated rings. The molecule has 0 saturated carbocycles. The Bertz CT molecular complexity index is 63.5. The number of rotatable bonds is 4. The van der Waals surface area contributed by atoms with E-state index in [0.717, 1.165) is 12.8 Å². The first-order chi connectivity index (χ1) is 3.81. The van der Waals surface area contributed by atoms with Gasteiger partial charge in [0.1, 0.15) is 0 Å². The smallest absolute Gasteiger partial charge is 0.0836 e. The molecule has 8 heavy (non-hydrogen) atoms. The van der Waals surface area contributed by atoms with Gasteiger partial charge in [-0.15, -0.1) is 0 Å². The van der Waals surface area contributed by atoms with Crippen LogP contribution in [-0.2, 0) is 0 Å². The highest BCUT2D eigenvalue weighted by molar-refractivity contribution is 4.52. The van der Waals surface area contributed by atoms with Gasteiger partial charge in [-0.3, -0.25) is 0 Å². The van der Waals surface area contributed by atoms with E-state index in [9.17, 15) is 4.91 Å². The van der Waals surface area contributed by atoms with E-state index in [1.165, 1.54) is 0 Å². The van der Waals surface area contributed by atoms with Crippen molar-refractivity contribution in [3.8, 4) is 0 Å². The van der Waals surface area contributed by atoms with Gasteiger partial charge in [-0.05, 0) is 12.3 Å². The molecule has 0 radical (unpaired) electrons. The number of hydrogen-bond donors (Lipinski definition) is 0. The minimum Gasteiger partial charge on any atom is -0.151 e. The summed E-state index contributed by atoms with van der Waals surface area (Å²) in [7, 11) is 0. The summed E-state index contributed by atoms with van der Waals surface area (Å²) >= 11 is 0. The van der Waals surface area contributed by atoms with Crippen LogP contribution in [0.2, 0.25) is 0 Å². The maximum absolute atomic E-state index is 9.64. The lowest BCUT2D eigenvalue weighted by atomic mass is 10.1. The Hall–Kier alpha value is -0.400. The summed E-state index contributed by atoms with van der Waals surface area (Å²) in [5.74, 6) is 0.484. The van der Waals surface area contributed by atoms with E-state index in [2.05, 4.69) is 12.1 Å². The molecular formula is C6H13NO. The number of nitrogens with zero attached hydrogens (tertiary/aromatic N) is 1. The first-order valence-electron chi connectivity index (χ1n) is 3.10. The van der Waals surface area contributed by atoms with Gasteiger partial charge >= 0.3 is 0 Å². The third-order valence-corrected chi connectivity index (χ3v) is 1.17. The van der Waals surface area contributed by atoms with E-state index >= 15 is 0 Å². The summed E-state index contributed by atoms with van der Waals surface area (Å²) in [6.45, 7) is 4.64. The van der Waals surface area contributed by atoms with Gasteiger partial charge in [-0.25, -0.2) is 0 Å². The molecule has 2 nitrogen and oxygen atoms in total. The first-order valence-corrected chi connectivity index (χ1v) is 3.10. The molecule has 0 amide bonds. The van der Waals surface area contributed by atoms with Crippen LogP contribution < -0.4 is 0 Å². The van der Waals surface area contributed by atoms with E-state index in [1.807, 2.05) is 6.92 Å². The van der Waals surface area contributed by atoms with Crippen LogP contribution in [-0.4, -0.2) is 6.54 Å². The Morgan fingerprint density at radius 2 is 2.25 bits per heavy atom. The zero-order valence-electron chi connectivity index (χ0n) is 5.55. The highest BCUT2D eigenvalue weighted by Crippen LogP contribution is 2.03. The van der Waals surface area contributed by atoms with Crippen molar-refractivity contribution in [2.24, 2.45) is 11.1 Å². The van der Waals surface area contributed by atoms with Gasteiger partial charge in [0.2, 0.25) is 0 Å². The predicted octanol–water partition coefficient (Wildman–Crippen LogP) is 2.19. The average Bonchev–Trinajstić information content (AvgIpc) is 1.68. The van der Waals surface area contributed by atoms with Crippen molar-refractivity contribution in [2.75, 3.05) is 6.54 Å². The van der Waals surface area contributed by atoms with Gasteiger partial charge in [0.15, 0.2) is 0 Å². The molecule has 0 aliphatic heterocycles. The Morgan fingerprint density at radius 1 is 1.62 bits per heavy atom. The summed E-state index contributed by atoms with van der Waals surface area (Å²) < 4.78 is 0. The lowest BCUT2D eigenvalue weighted by molar-refractivity contribution is 0.536. The van der Waals surface area contributed by atoms with Gasteiger partial charge in [0, 0.05) is 0 Å². The van der Waals surface area contributed by atoms with Gasteiger partial charge in [-0.1, -0.05) is 25.4 Å². The van der Waals surface area contributed by atoms with Crippen molar-refractivity contribution >= 4 is 0 Å². The van der Waals surface area contributed by atoms with E-state index in [4.69, 9.17) is 0 Å². The minimum absolute atomic E-state index is 0.480. The van der Waals surface area contributed by atoms with Crippen LogP contribution >= 0.6 is 0 Å². The van der Waals surface area contributed by atoms with E-state index in [-0.39, 0.29) is 0 Å². The summed E-state index contributed by atoms with van der Waals surface area (Å²) in [5, 5.41) is 2.80. The van der Waals surface area contributed by atoms with Crippen molar-refractivity contribution in [3.63, 3.8) is 0 Å². The van der Waals surface area contributed by atoms with Gasteiger partial charge < -0.3 is 0 Å². The summed E-state index contributed by atoms with van der Waals surface area (Å²) in [6, 6.07) is 0. The van der Waals surface area contributed by atoms with Crippen LogP contribution in [0.25, 0.3) is 0 Å². The zero-order chi connectivity index (χ0) is 6.41. The lowest BCUT2D eigenvalue weighted by Gasteiger charge is -2.00. The van der Waals surface area contributed by atoms with Gasteiger partial charge in [-0.2, -0.15) is 4.91 Å². The number of hydrogen-bond acceptors (Lipinski definition) is 2. The SMILES string of the molecule is CCC[C@@H](C)CN=O. The van der Waals surface area contributed by atoms with Crippen molar-refractivity contribution in [1.29, 1.82) is 0 Å². The first kappa shape index (κ1) is 7.60. The highest BCUT2D eigenvalue weighted by atomic mass is 16.3. The van der Waals surface area contributed by atoms with E-state index in [0.29, 0.717) is 12.5 Å². The molecule has 0 spiro atoms. The second-order valence-electron chi connectivity index (χ2n) is 2.21. The molecule has 0 aromatic carbocycles. The molecule has 0 aliphatic rings. The van der Waals surface area contributed by atoms with Crippen LogP contribution in [0.3, 0.4) is 0 Å². The van der Waals surface area contributed by atoms with Crippen molar-refractivity contribution in [1.82, 2.24) is 0 Å². The third-order valence-electron chi connectivity index (χ3n) is 1.17. The normalized spacial score (nSPS) is 13.2. The van der Waals surface area contributed by atoms with Gasteiger partial charge in [0.25, 0.3) is 0 Å². The van der Waals surface area contributed by atoms with Crippen LogP contribution in [0.15, 0.2) is 5.18 Å². The molecular weight excluding hydrogens is 102 g/mol. The monoisotopic (exact) mass is 115 g/mol. The summed E-state index contributed by atoms with van der Waals surface area (Å²) in [4.78, 5) is 9.64. The highest BCUT2D eigenvalue weighted by Gasteiger charge is 1.97. The summed E-state index contributed by atoms with van der Waals surface area (Å²) in [6.07, 6.45) is 2.27. The molecule has 0 unspecified atom stereocenters. The Morgan fingerprint density at radius 3 is 2.62 bits per heavy atom. The average molecular weight is 115 g/mol. The lowest BCUT2D eigenvalue weighted by Crippen LogP contribution is -1.96. The molecule has 0 bridgehead atoms. The van der Waals surface area contributed by atoms with Crippen molar-refractivity contribution < 1.29 is 0 Å². The van der Waals surface area contributed by atoms with Crippen LogP contribution in [0.5, 0.6) is 0 Å². The molecule has 0 rings (SSSR count). The Kier molecular flexibility index (Phi) is 4.51. The molecule has 1 atom stereocenters. The van der Waals surface area contributed by atoms with Crippen molar-refractivity contribution in [2.45, 2.75) is 26.7 Å². The zero-order valence-corrected chi connectivity index (χ0v) is 5.55. The fourth-order valence-electron chi connectivity index (χ4n) is 0.711. The summed E-state index contributed by atoms with van der Waals surface area (Å²) in [5.41, 5.74) is 0. The molecule has 0 aromatic rings. The number of nitroso groups, excluding NO2 is 1. The maximum Gasteiger partial charge on any atom is 0.0836 e. The molecule has 0 aliphatic carbocycles. The Labute approximate surface area is 50.3 Å². The fourth-order valence-corrected chi connectivity index (χ4v) is 0.711. The quantitative estimate of drug-likeness (QED) is 0.516. The predicted molar refractivity (Wildman–Crippen MR) is 34.7 cm³/mol. The maximum atomic E-state index is 9.64. The molecule has 0 N–H and O–H groups in total. The fraction of sp³-hybridized carbons (Fsp3) is 1.00.